The molecular weight excluding hydrogens is 477 g/mol. The molecule has 37 heavy (non-hydrogen) atoms. The summed E-state index contributed by atoms with van der Waals surface area (Å²) >= 11 is 0. The predicted octanol–water partition coefficient (Wildman–Crippen LogP) is 2.65. The van der Waals surface area contributed by atoms with E-state index in [1.807, 2.05) is 24.3 Å². The smallest absolute Gasteiger partial charge is 0.274 e. The zero-order valence-corrected chi connectivity index (χ0v) is 20.7. The number of fused-ring (bicyclic) bond motifs is 1. The molecule has 192 valence electrons. The second-order valence-corrected chi connectivity index (χ2v) is 9.59. The first-order chi connectivity index (χ1) is 17.8. The van der Waals surface area contributed by atoms with Crippen LogP contribution in [0.15, 0.2) is 54.9 Å². The Morgan fingerprint density at radius 2 is 1.84 bits per heavy atom. The molecule has 1 atom stereocenters. The molecule has 1 aromatic heterocycles. The van der Waals surface area contributed by atoms with Crippen LogP contribution >= 0.6 is 0 Å². The van der Waals surface area contributed by atoms with Crippen molar-refractivity contribution >= 4 is 17.7 Å². The minimum Gasteiger partial charge on any atom is -0.497 e. The topological polar surface area (TPSA) is 106 Å². The van der Waals surface area contributed by atoms with Crippen LogP contribution in [-0.4, -0.2) is 50.9 Å². The lowest BCUT2D eigenvalue weighted by molar-refractivity contribution is -0.133. The van der Waals surface area contributed by atoms with Crippen LogP contribution in [0.3, 0.4) is 0 Å². The number of carbonyl (C=O) groups excluding carboxylic acids is 3. The Labute approximate surface area is 213 Å². The molecule has 1 aliphatic heterocycles. The highest BCUT2D eigenvalue weighted by atomic mass is 19.1. The number of carbonyl (C=O) groups is 3. The van der Waals surface area contributed by atoms with Crippen molar-refractivity contribution in [2.45, 2.75) is 51.0 Å². The third kappa shape index (κ3) is 4.78. The highest BCUT2D eigenvalue weighted by molar-refractivity contribution is 6.07. The lowest BCUT2D eigenvalue weighted by Crippen LogP contribution is -2.64. The van der Waals surface area contributed by atoms with E-state index in [4.69, 9.17) is 4.74 Å². The number of hydrogen-bond acceptors (Lipinski definition) is 5. The van der Waals surface area contributed by atoms with Crippen LogP contribution in [0.5, 0.6) is 5.75 Å². The molecule has 0 bridgehead atoms. The van der Waals surface area contributed by atoms with Crippen LogP contribution in [0.2, 0.25) is 0 Å². The Morgan fingerprint density at radius 3 is 2.51 bits per heavy atom. The standard InChI is InChI=1S/C27H28FN5O4/c1-27(26(36)30-13-17-6-10-21(37-2)11-7-17)15-32-16-31-22(23(32)25(35)33(27)20-8-9-20)24(34)29-14-18-4-3-5-19(28)12-18/h3-7,10-12,16,20H,8-9,13-15H2,1-2H3,(H,29,34)(H,30,36)/t27-/m0/s1. The molecule has 0 saturated heterocycles. The number of halogens is 1. The van der Waals surface area contributed by atoms with Gasteiger partial charge in [-0.2, -0.15) is 0 Å². The number of benzene rings is 2. The summed E-state index contributed by atoms with van der Waals surface area (Å²) in [7, 11) is 1.59. The first kappa shape index (κ1) is 24.5. The van der Waals surface area contributed by atoms with Gasteiger partial charge >= 0.3 is 0 Å². The minimum atomic E-state index is -1.15. The van der Waals surface area contributed by atoms with E-state index in [-0.39, 0.29) is 36.4 Å². The second kappa shape index (κ2) is 9.68. The van der Waals surface area contributed by atoms with Gasteiger partial charge in [-0.25, -0.2) is 9.37 Å². The molecule has 1 fully saturated rings. The molecule has 1 saturated carbocycles. The maximum atomic E-state index is 13.7. The van der Waals surface area contributed by atoms with Crippen LogP contribution < -0.4 is 15.4 Å². The third-order valence-corrected chi connectivity index (χ3v) is 6.84. The van der Waals surface area contributed by atoms with E-state index < -0.39 is 23.2 Å². The molecule has 3 amide bonds. The van der Waals surface area contributed by atoms with Gasteiger partial charge in [0.2, 0.25) is 5.91 Å². The monoisotopic (exact) mass is 505 g/mol. The van der Waals surface area contributed by atoms with Crippen molar-refractivity contribution in [3.8, 4) is 5.75 Å². The van der Waals surface area contributed by atoms with Crippen molar-refractivity contribution < 1.29 is 23.5 Å². The summed E-state index contributed by atoms with van der Waals surface area (Å²) in [4.78, 5) is 45.9. The molecule has 2 aliphatic rings. The Bertz CT molecular complexity index is 1350. The van der Waals surface area contributed by atoms with E-state index in [9.17, 15) is 18.8 Å². The van der Waals surface area contributed by atoms with Gasteiger partial charge < -0.3 is 24.8 Å². The number of nitrogens with zero attached hydrogens (tertiary/aromatic N) is 3. The van der Waals surface area contributed by atoms with Gasteiger partial charge in [0.1, 0.15) is 22.8 Å². The number of hydrogen-bond donors (Lipinski definition) is 2. The number of imidazole rings is 1. The third-order valence-electron chi connectivity index (χ3n) is 6.84. The maximum Gasteiger partial charge on any atom is 0.274 e. The van der Waals surface area contributed by atoms with Crippen molar-refractivity contribution in [3.63, 3.8) is 0 Å². The van der Waals surface area contributed by atoms with Crippen molar-refractivity contribution in [2.24, 2.45) is 0 Å². The van der Waals surface area contributed by atoms with Gasteiger partial charge in [0.15, 0.2) is 5.69 Å². The highest BCUT2D eigenvalue weighted by Gasteiger charge is 2.53. The van der Waals surface area contributed by atoms with Crippen LogP contribution in [0.25, 0.3) is 0 Å². The zero-order chi connectivity index (χ0) is 26.2. The molecule has 2 aromatic carbocycles. The first-order valence-corrected chi connectivity index (χ1v) is 12.1. The van der Waals surface area contributed by atoms with E-state index in [1.165, 1.54) is 18.5 Å². The van der Waals surface area contributed by atoms with E-state index in [0.29, 0.717) is 12.1 Å². The number of aromatic nitrogens is 2. The molecule has 0 spiro atoms. The van der Waals surface area contributed by atoms with Gasteiger partial charge in [0.25, 0.3) is 11.8 Å². The molecule has 2 heterocycles. The van der Waals surface area contributed by atoms with E-state index in [2.05, 4.69) is 15.6 Å². The average Bonchev–Trinajstić information content (AvgIpc) is 3.63. The van der Waals surface area contributed by atoms with E-state index in [1.54, 1.807) is 35.6 Å². The van der Waals surface area contributed by atoms with Gasteiger partial charge in [0, 0.05) is 19.1 Å². The molecular formula is C27H28FN5O4. The normalized spacial score (nSPS) is 18.8. The Morgan fingerprint density at radius 1 is 1.11 bits per heavy atom. The largest absolute Gasteiger partial charge is 0.497 e. The van der Waals surface area contributed by atoms with Crippen molar-refractivity contribution in [3.05, 3.63) is 83.2 Å². The molecule has 0 radical (unpaired) electrons. The summed E-state index contributed by atoms with van der Waals surface area (Å²) in [5, 5.41) is 5.67. The Balaban J connectivity index is 1.34. The van der Waals surface area contributed by atoms with Crippen molar-refractivity contribution in [1.82, 2.24) is 25.1 Å². The lowest BCUT2D eigenvalue weighted by Gasteiger charge is -2.44. The zero-order valence-electron chi connectivity index (χ0n) is 20.7. The molecule has 2 N–H and O–H groups in total. The molecule has 10 heteroatoms. The molecule has 0 unspecified atom stereocenters. The Kier molecular flexibility index (Phi) is 6.41. The number of rotatable bonds is 8. The predicted molar refractivity (Wildman–Crippen MR) is 132 cm³/mol. The highest BCUT2D eigenvalue weighted by Crippen LogP contribution is 2.38. The van der Waals surface area contributed by atoms with Gasteiger partial charge in [-0.3, -0.25) is 14.4 Å². The number of amides is 3. The van der Waals surface area contributed by atoms with Gasteiger partial charge in [-0.1, -0.05) is 24.3 Å². The van der Waals surface area contributed by atoms with Gasteiger partial charge in [0.05, 0.1) is 20.0 Å². The fourth-order valence-corrected chi connectivity index (χ4v) is 4.75. The van der Waals surface area contributed by atoms with Crippen LogP contribution in [0.1, 0.15) is 51.9 Å². The molecule has 1 aliphatic carbocycles. The van der Waals surface area contributed by atoms with Crippen LogP contribution in [0, 0.1) is 5.82 Å². The minimum absolute atomic E-state index is 0.00672. The van der Waals surface area contributed by atoms with Crippen LogP contribution in [-0.2, 0) is 24.4 Å². The quantitative estimate of drug-likeness (QED) is 0.490. The summed E-state index contributed by atoms with van der Waals surface area (Å²) in [6.07, 6.45) is 3.01. The summed E-state index contributed by atoms with van der Waals surface area (Å²) in [5.74, 6) is -0.881. The Hall–Kier alpha value is -4.21. The fraction of sp³-hybridized carbons (Fsp3) is 0.333. The average molecular weight is 506 g/mol. The number of methoxy groups -OCH3 is 1. The van der Waals surface area contributed by atoms with Gasteiger partial charge in [-0.05, 0) is 55.2 Å². The van der Waals surface area contributed by atoms with Crippen molar-refractivity contribution in [1.29, 1.82) is 0 Å². The van der Waals surface area contributed by atoms with Crippen molar-refractivity contribution in [2.75, 3.05) is 7.11 Å². The molecule has 9 nitrogen and oxygen atoms in total. The SMILES string of the molecule is COc1ccc(CNC(=O)[C@]2(C)Cn3cnc(C(=O)NCc4cccc(F)c4)c3C(=O)N2C2CC2)cc1. The van der Waals surface area contributed by atoms with Crippen LogP contribution in [0.4, 0.5) is 4.39 Å². The summed E-state index contributed by atoms with van der Waals surface area (Å²) in [5.41, 5.74) is 0.497. The fourth-order valence-electron chi connectivity index (χ4n) is 4.75. The summed E-state index contributed by atoms with van der Waals surface area (Å²) < 4.78 is 20.2. The van der Waals surface area contributed by atoms with E-state index in [0.717, 1.165) is 24.2 Å². The summed E-state index contributed by atoms with van der Waals surface area (Å²) in [6.45, 7) is 2.31. The summed E-state index contributed by atoms with van der Waals surface area (Å²) in [6, 6.07) is 13.2. The second-order valence-electron chi connectivity index (χ2n) is 9.59. The first-order valence-electron chi connectivity index (χ1n) is 12.1. The number of ether oxygens (including phenoxy) is 1. The molecule has 3 aromatic rings. The molecule has 5 rings (SSSR count). The number of nitrogens with one attached hydrogen (secondary N) is 2. The van der Waals surface area contributed by atoms with E-state index >= 15 is 0 Å². The van der Waals surface area contributed by atoms with Gasteiger partial charge in [-0.15, -0.1) is 0 Å². The maximum absolute atomic E-state index is 13.7. The lowest BCUT2D eigenvalue weighted by atomic mass is 9.93.